The molecule has 2 aliphatic rings. The molecule has 1 aliphatic carbocycles. The molecular weight excluding hydrogens is 337 g/mol. The fourth-order valence-electron chi connectivity index (χ4n) is 3.28. The summed E-state index contributed by atoms with van der Waals surface area (Å²) in [4.78, 5) is 6.89. The summed E-state index contributed by atoms with van der Waals surface area (Å²) in [6, 6.07) is 0. The molecule has 0 aromatic carbocycles. The number of nitrogens with one attached hydrogen (secondary N) is 1. The fourth-order valence-corrected chi connectivity index (χ4v) is 3.28. The molecule has 4 heteroatoms. The second-order valence-corrected chi connectivity index (χ2v) is 6.20. The lowest BCUT2D eigenvalue weighted by molar-refractivity contribution is 0.309. The molecule has 1 heterocycles. The molecule has 2 rings (SSSR count). The van der Waals surface area contributed by atoms with Crippen molar-refractivity contribution in [3.63, 3.8) is 0 Å². The zero-order valence-corrected chi connectivity index (χ0v) is 14.4. The Balaban J connectivity index is 0.00000162. The van der Waals surface area contributed by atoms with Crippen molar-refractivity contribution in [1.29, 1.82) is 0 Å². The zero-order valence-electron chi connectivity index (χ0n) is 12.0. The fraction of sp³-hybridized carbons (Fsp3) is 0.929. The third kappa shape index (κ3) is 3.75. The summed E-state index contributed by atoms with van der Waals surface area (Å²) in [5.41, 5.74) is 0.634. The van der Waals surface area contributed by atoms with Crippen molar-refractivity contribution >= 4 is 29.9 Å². The van der Waals surface area contributed by atoms with E-state index in [0.29, 0.717) is 11.3 Å². The second-order valence-electron chi connectivity index (χ2n) is 6.20. The first-order valence-corrected chi connectivity index (χ1v) is 7.11. The van der Waals surface area contributed by atoms with E-state index in [4.69, 9.17) is 0 Å². The smallest absolute Gasteiger partial charge is 0.193 e. The number of likely N-dealkylation sites (tertiary alicyclic amines) is 1. The van der Waals surface area contributed by atoms with Gasteiger partial charge in [-0.3, -0.25) is 4.99 Å². The van der Waals surface area contributed by atoms with Gasteiger partial charge in [0.1, 0.15) is 0 Å². The van der Waals surface area contributed by atoms with Gasteiger partial charge in [-0.25, -0.2) is 0 Å². The van der Waals surface area contributed by atoms with Gasteiger partial charge in [-0.05, 0) is 30.6 Å². The molecule has 1 saturated carbocycles. The summed E-state index contributed by atoms with van der Waals surface area (Å²) in [5, 5.41) is 3.49. The summed E-state index contributed by atoms with van der Waals surface area (Å²) in [5.74, 6) is 1.79. The van der Waals surface area contributed by atoms with Crippen molar-refractivity contribution in [1.82, 2.24) is 10.2 Å². The van der Waals surface area contributed by atoms with Crippen LogP contribution in [0, 0.1) is 11.3 Å². The van der Waals surface area contributed by atoms with Crippen LogP contribution in [0.3, 0.4) is 0 Å². The summed E-state index contributed by atoms with van der Waals surface area (Å²) >= 11 is 0. The average molecular weight is 365 g/mol. The highest BCUT2D eigenvalue weighted by Gasteiger charge is 2.40. The third-order valence-electron chi connectivity index (χ3n) is 4.28. The monoisotopic (exact) mass is 365 g/mol. The minimum atomic E-state index is 0. The van der Waals surface area contributed by atoms with Crippen LogP contribution in [-0.4, -0.2) is 37.5 Å². The third-order valence-corrected chi connectivity index (χ3v) is 4.28. The number of hydrogen-bond acceptors (Lipinski definition) is 1. The molecule has 0 aromatic rings. The quantitative estimate of drug-likeness (QED) is 0.463. The standard InChI is InChI=1S/C14H27N3.HI/c1-12(2)10-16-13(15-3)17-9-8-14(11-17)6-4-5-7-14;/h12H,4-11H2,1-3H3,(H,15,16);1H. The summed E-state index contributed by atoms with van der Waals surface area (Å²) in [7, 11) is 1.91. The SMILES string of the molecule is CN=C(NCC(C)C)N1CCC2(CCCC2)C1.I. The molecule has 0 atom stereocenters. The maximum absolute atomic E-state index is 4.43. The second kappa shape index (κ2) is 6.96. The average Bonchev–Trinajstić information content (AvgIpc) is 2.91. The van der Waals surface area contributed by atoms with Crippen molar-refractivity contribution < 1.29 is 0 Å². The molecule has 0 radical (unpaired) electrons. The van der Waals surface area contributed by atoms with Crippen LogP contribution in [0.5, 0.6) is 0 Å². The molecule has 0 aromatic heterocycles. The number of nitrogens with zero attached hydrogens (tertiary/aromatic N) is 2. The molecule has 0 amide bonds. The number of halogens is 1. The zero-order chi connectivity index (χ0) is 12.3. The van der Waals surface area contributed by atoms with Crippen LogP contribution in [0.25, 0.3) is 0 Å². The molecule has 0 bridgehead atoms. The predicted octanol–water partition coefficient (Wildman–Crippen LogP) is 3.10. The van der Waals surface area contributed by atoms with E-state index in [1.807, 2.05) is 7.05 Å². The highest BCUT2D eigenvalue weighted by molar-refractivity contribution is 14.0. The van der Waals surface area contributed by atoms with Crippen molar-refractivity contribution in [3.05, 3.63) is 0 Å². The Labute approximate surface area is 129 Å². The molecule has 1 aliphatic heterocycles. The highest BCUT2D eigenvalue weighted by Crippen LogP contribution is 2.45. The first-order chi connectivity index (χ1) is 8.15. The largest absolute Gasteiger partial charge is 0.356 e. The molecule has 0 unspecified atom stereocenters. The van der Waals surface area contributed by atoms with Crippen LogP contribution < -0.4 is 5.32 Å². The Morgan fingerprint density at radius 3 is 2.50 bits per heavy atom. The lowest BCUT2D eigenvalue weighted by Gasteiger charge is -2.26. The van der Waals surface area contributed by atoms with E-state index < -0.39 is 0 Å². The molecule has 18 heavy (non-hydrogen) atoms. The van der Waals surface area contributed by atoms with Crippen molar-refractivity contribution in [3.8, 4) is 0 Å². The number of aliphatic imine (C=N–C) groups is 1. The Bertz CT molecular complexity index is 283. The van der Waals surface area contributed by atoms with Gasteiger partial charge in [-0.15, -0.1) is 24.0 Å². The molecule has 3 nitrogen and oxygen atoms in total. The highest BCUT2D eigenvalue weighted by atomic mass is 127. The first-order valence-electron chi connectivity index (χ1n) is 7.11. The maximum Gasteiger partial charge on any atom is 0.193 e. The number of guanidine groups is 1. The van der Waals surface area contributed by atoms with Crippen molar-refractivity contribution in [2.24, 2.45) is 16.3 Å². The Morgan fingerprint density at radius 2 is 1.94 bits per heavy atom. The van der Waals surface area contributed by atoms with Crippen LogP contribution in [-0.2, 0) is 0 Å². The van der Waals surface area contributed by atoms with Crippen LogP contribution >= 0.6 is 24.0 Å². The van der Waals surface area contributed by atoms with Crippen LogP contribution in [0.4, 0.5) is 0 Å². The molecule has 2 fully saturated rings. The van der Waals surface area contributed by atoms with Crippen LogP contribution in [0.1, 0.15) is 46.0 Å². The van der Waals surface area contributed by atoms with Gasteiger partial charge in [-0.2, -0.15) is 0 Å². The summed E-state index contributed by atoms with van der Waals surface area (Å²) in [6.07, 6.45) is 7.11. The van der Waals surface area contributed by atoms with Gasteiger partial charge in [0.2, 0.25) is 0 Å². The number of rotatable bonds is 2. The number of hydrogen-bond donors (Lipinski definition) is 1. The van der Waals surface area contributed by atoms with E-state index >= 15 is 0 Å². The first kappa shape index (κ1) is 16.1. The van der Waals surface area contributed by atoms with E-state index in [1.165, 1.54) is 45.2 Å². The lowest BCUT2D eigenvalue weighted by atomic mass is 9.86. The molecular formula is C14H28IN3. The van der Waals surface area contributed by atoms with Gasteiger partial charge in [-0.1, -0.05) is 26.7 Å². The maximum atomic E-state index is 4.43. The minimum absolute atomic E-state index is 0. The molecule has 1 saturated heterocycles. The van der Waals surface area contributed by atoms with E-state index in [1.54, 1.807) is 0 Å². The molecule has 1 N–H and O–H groups in total. The van der Waals surface area contributed by atoms with Crippen LogP contribution in [0.15, 0.2) is 4.99 Å². The van der Waals surface area contributed by atoms with Gasteiger partial charge >= 0.3 is 0 Å². The molecule has 1 spiro atoms. The van der Waals surface area contributed by atoms with Gasteiger partial charge in [0, 0.05) is 26.7 Å². The Kier molecular flexibility index (Phi) is 6.21. The van der Waals surface area contributed by atoms with E-state index in [-0.39, 0.29) is 24.0 Å². The lowest BCUT2D eigenvalue weighted by Crippen LogP contribution is -2.42. The van der Waals surface area contributed by atoms with Gasteiger partial charge in [0.15, 0.2) is 5.96 Å². The van der Waals surface area contributed by atoms with E-state index in [0.717, 1.165) is 12.5 Å². The Hall–Kier alpha value is 0. The molecule has 106 valence electrons. The van der Waals surface area contributed by atoms with Gasteiger partial charge in [0.25, 0.3) is 0 Å². The predicted molar refractivity (Wildman–Crippen MR) is 88.7 cm³/mol. The van der Waals surface area contributed by atoms with E-state index in [2.05, 4.69) is 29.1 Å². The summed E-state index contributed by atoms with van der Waals surface area (Å²) in [6.45, 7) is 7.92. The van der Waals surface area contributed by atoms with Crippen LogP contribution in [0.2, 0.25) is 0 Å². The minimum Gasteiger partial charge on any atom is -0.356 e. The normalized spacial score (nSPS) is 22.7. The Morgan fingerprint density at radius 1 is 1.28 bits per heavy atom. The van der Waals surface area contributed by atoms with E-state index in [9.17, 15) is 0 Å². The van der Waals surface area contributed by atoms with Crippen molar-refractivity contribution in [2.75, 3.05) is 26.7 Å². The van der Waals surface area contributed by atoms with Crippen molar-refractivity contribution in [2.45, 2.75) is 46.0 Å². The summed E-state index contributed by atoms with van der Waals surface area (Å²) < 4.78 is 0. The van der Waals surface area contributed by atoms with Gasteiger partial charge in [0.05, 0.1) is 0 Å². The van der Waals surface area contributed by atoms with Gasteiger partial charge < -0.3 is 10.2 Å². The topological polar surface area (TPSA) is 27.6 Å².